The predicted octanol–water partition coefficient (Wildman–Crippen LogP) is 3.88. The number of hydrogen-bond donors (Lipinski definition) is 1. The molecule has 0 saturated heterocycles. The summed E-state index contributed by atoms with van der Waals surface area (Å²) in [5.74, 6) is 0.803. The summed E-state index contributed by atoms with van der Waals surface area (Å²) in [6, 6.07) is 5.87. The molecule has 3 rings (SSSR count). The van der Waals surface area contributed by atoms with Crippen LogP contribution in [0.15, 0.2) is 45.9 Å². The van der Waals surface area contributed by atoms with Gasteiger partial charge >= 0.3 is 0 Å². The van der Waals surface area contributed by atoms with E-state index in [9.17, 15) is 0 Å². The van der Waals surface area contributed by atoms with Crippen molar-refractivity contribution in [3.63, 3.8) is 0 Å². The van der Waals surface area contributed by atoms with Crippen LogP contribution in [0.5, 0.6) is 5.75 Å². The smallest absolute Gasteiger partial charge is 0.155 e. The lowest BCUT2D eigenvalue weighted by molar-refractivity contribution is 0.414. The molecule has 1 N–H and O–H groups in total. The summed E-state index contributed by atoms with van der Waals surface area (Å²) >= 11 is 6.84. The van der Waals surface area contributed by atoms with Crippen LogP contribution >= 0.6 is 31.9 Å². The molecule has 0 fully saturated rings. The fourth-order valence-corrected chi connectivity index (χ4v) is 2.80. The Labute approximate surface area is 138 Å². The summed E-state index contributed by atoms with van der Waals surface area (Å²) in [4.78, 5) is 8.49. The molecule has 1 aromatic carbocycles. The first-order chi connectivity index (χ1) is 10.2. The fraction of sp³-hybridized carbons (Fsp3) is 0.143. The van der Waals surface area contributed by atoms with Crippen molar-refractivity contribution in [3.05, 3.63) is 51.6 Å². The molecule has 3 aromatic rings. The molecule has 0 unspecified atom stereocenters. The lowest BCUT2D eigenvalue weighted by Crippen LogP contribution is -2.03. The molecule has 0 saturated carbocycles. The van der Waals surface area contributed by atoms with Gasteiger partial charge in [0.25, 0.3) is 0 Å². The lowest BCUT2D eigenvalue weighted by Gasteiger charge is -2.09. The van der Waals surface area contributed by atoms with Crippen molar-refractivity contribution in [1.29, 1.82) is 0 Å². The molecule has 108 valence electrons. The van der Waals surface area contributed by atoms with Gasteiger partial charge in [0, 0.05) is 22.4 Å². The van der Waals surface area contributed by atoms with Crippen LogP contribution in [0.3, 0.4) is 0 Å². The van der Waals surface area contributed by atoms with E-state index in [4.69, 9.17) is 4.74 Å². The number of ether oxygens (including phenoxy) is 1. The Hall–Kier alpha value is -1.60. The van der Waals surface area contributed by atoms with Crippen LogP contribution in [-0.2, 0) is 6.54 Å². The van der Waals surface area contributed by atoms with Crippen molar-refractivity contribution in [2.24, 2.45) is 0 Å². The van der Waals surface area contributed by atoms with Crippen molar-refractivity contribution >= 4 is 43.2 Å². The standard InChI is InChI=1S/C14H12Br2N4O/c1-21-12-3-9(15)2-10(4-12)17-5-11-6-19-14-7-18-13(16)8-20(11)14/h2-4,6-8,17H,5H2,1H3. The van der Waals surface area contributed by atoms with Crippen molar-refractivity contribution in [3.8, 4) is 5.75 Å². The first-order valence-electron chi connectivity index (χ1n) is 6.21. The lowest BCUT2D eigenvalue weighted by atomic mass is 10.3. The minimum atomic E-state index is 0.650. The van der Waals surface area contributed by atoms with E-state index in [1.165, 1.54) is 0 Å². The highest BCUT2D eigenvalue weighted by molar-refractivity contribution is 9.10. The highest BCUT2D eigenvalue weighted by Gasteiger charge is 2.05. The molecule has 0 aliphatic carbocycles. The number of hydrogen-bond acceptors (Lipinski definition) is 4. The predicted molar refractivity (Wildman–Crippen MR) is 88.7 cm³/mol. The molecule has 0 spiro atoms. The Kier molecular flexibility index (Phi) is 4.12. The molecule has 0 amide bonds. The molecular weight excluding hydrogens is 400 g/mol. The number of fused-ring (bicyclic) bond motifs is 1. The number of benzene rings is 1. The Bertz CT molecular complexity index is 788. The van der Waals surface area contributed by atoms with Gasteiger partial charge in [0.1, 0.15) is 10.4 Å². The number of rotatable bonds is 4. The second-order valence-electron chi connectivity index (χ2n) is 4.42. The third kappa shape index (κ3) is 3.19. The summed E-state index contributed by atoms with van der Waals surface area (Å²) in [6.45, 7) is 0.650. The van der Waals surface area contributed by atoms with E-state index in [-0.39, 0.29) is 0 Å². The van der Waals surface area contributed by atoms with Crippen molar-refractivity contribution in [1.82, 2.24) is 14.4 Å². The topological polar surface area (TPSA) is 51.5 Å². The first kappa shape index (κ1) is 14.3. The molecule has 0 bridgehead atoms. The average Bonchev–Trinajstić information content (AvgIpc) is 2.86. The number of anilines is 1. The molecule has 0 radical (unpaired) electrons. The Morgan fingerprint density at radius 3 is 2.86 bits per heavy atom. The summed E-state index contributed by atoms with van der Waals surface area (Å²) < 4.78 is 9.00. The van der Waals surface area contributed by atoms with Crippen LogP contribution in [0, 0.1) is 0 Å². The van der Waals surface area contributed by atoms with Gasteiger partial charge < -0.3 is 10.1 Å². The quantitative estimate of drug-likeness (QED) is 0.707. The van der Waals surface area contributed by atoms with E-state index in [0.29, 0.717) is 6.54 Å². The van der Waals surface area contributed by atoms with Gasteiger partial charge in [-0.05, 0) is 28.1 Å². The van der Waals surface area contributed by atoms with Crippen LogP contribution in [0.2, 0.25) is 0 Å². The number of imidazole rings is 1. The first-order valence-corrected chi connectivity index (χ1v) is 7.80. The zero-order chi connectivity index (χ0) is 14.8. The van der Waals surface area contributed by atoms with Gasteiger partial charge in [-0.25, -0.2) is 9.97 Å². The Morgan fingerprint density at radius 1 is 1.19 bits per heavy atom. The minimum Gasteiger partial charge on any atom is -0.497 e. The van der Waals surface area contributed by atoms with E-state index < -0.39 is 0 Å². The zero-order valence-electron chi connectivity index (χ0n) is 11.2. The van der Waals surface area contributed by atoms with Crippen molar-refractivity contribution in [2.75, 3.05) is 12.4 Å². The second kappa shape index (κ2) is 6.03. The van der Waals surface area contributed by atoms with Crippen LogP contribution < -0.4 is 10.1 Å². The van der Waals surface area contributed by atoms with Gasteiger partial charge in [0.2, 0.25) is 0 Å². The number of halogens is 2. The molecule has 0 aliphatic heterocycles. The summed E-state index contributed by atoms with van der Waals surface area (Å²) in [7, 11) is 1.65. The summed E-state index contributed by atoms with van der Waals surface area (Å²) in [5.41, 5.74) is 2.85. The summed E-state index contributed by atoms with van der Waals surface area (Å²) in [5, 5.41) is 3.37. The number of aromatic nitrogens is 3. The van der Waals surface area contributed by atoms with E-state index in [0.717, 1.165) is 31.9 Å². The minimum absolute atomic E-state index is 0.650. The Morgan fingerprint density at radius 2 is 2.05 bits per heavy atom. The van der Waals surface area contributed by atoms with Crippen LogP contribution in [0.4, 0.5) is 5.69 Å². The van der Waals surface area contributed by atoms with Crippen LogP contribution in [0.1, 0.15) is 5.69 Å². The monoisotopic (exact) mass is 410 g/mol. The SMILES string of the molecule is COc1cc(Br)cc(NCc2cnc3cnc(Br)cn23)c1. The fourth-order valence-electron chi connectivity index (χ4n) is 2.02. The number of nitrogens with one attached hydrogen (secondary N) is 1. The molecule has 2 heterocycles. The average molecular weight is 412 g/mol. The van der Waals surface area contributed by atoms with Gasteiger partial charge in [-0.3, -0.25) is 4.40 Å². The maximum absolute atomic E-state index is 5.26. The second-order valence-corrected chi connectivity index (χ2v) is 6.15. The molecule has 0 aliphatic rings. The normalized spacial score (nSPS) is 10.8. The maximum Gasteiger partial charge on any atom is 0.155 e. The van der Waals surface area contributed by atoms with Crippen LogP contribution in [-0.4, -0.2) is 21.5 Å². The van der Waals surface area contributed by atoms with Gasteiger partial charge in [0.05, 0.1) is 31.7 Å². The van der Waals surface area contributed by atoms with Gasteiger partial charge in [0.15, 0.2) is 5.65 Å². The van der Waals surface area contributed by atoms with E-state index >= 15 is 0 Å². The molecule has 0 atom stereocenters. The highest BCUT2D eigenvalue weighted by Crippen LogP contribution is 2.25. The maximum atomic E-state index is 5.26. The Balaban J connectivity index is 1.83. The van der Waals surface area contributed by atoms with Gasteiger partial charge in [-0.2, -0.15) is 0 Å². The number of nitrogens with zero attached hydrogens (tertiary/aromatic N) is 3. The van der Waals surface area contributed by atoms with E-state index in [2.05, 4.69) is 47.1 Å². The van der Waals surface area contributed by atoms with E-state index in [1.807, 2.05) is 35.0 Å². The van der Waals surface area contributed by atoms with Crippen molar-refractivity contribution in [2.45, 2.75) is 6.54 Å². The van der Waals surface area contributed by atoms with Crippen molar-refractivity contribution < 1.29 is 4.74 Å². The molecule has 21 heavy (non-hydrogen) atoms. The van der Waals surface area contributed by atoms with Gasteiger partial charge in [-0.1, -0.05) is 15.9 Å². The van der Waals surface area contributed by atoms with Crippen LogP contribution in [0.25, 0.3) is 5.65 Å². The zero-order valence-corrected chi connectivity index (χ0v) is 14.3. The van der Waals surface area contributed by atoms with E-state index in [1.54, 1.807) is 13.3 Å². The number of methoxy groups -OCH3 is 1. The molecule has 2 aromatic heterocycles. The molecule has 7 heteroatoms. The largest absolute Gasteiger partial charge is 0.497 e. The van der Waals surface area contributed by atoms with Gasteiger partial charge in [-0.15, -0.1) is 0 Å². The third-order valence-electron chi connectivity index (χ3n) is 3.02. The third-order valence-corrected chi connectivity index (χ3v) is 3.89. The highest BCUT2D eigenvalue weighted by atomic mass is 79.9. The molecule has 5 nitrogen and oxygen atoms in total. The molecular formula is C14H12Br2N4O. The summed E-state index contributed by atoms with van der Waals surface area (Å²) in [6.07, 6.45) is 5.47.